The number of rotatable bonds is 1. The molecule has 0 unspecified atom stereocenters. The van der Waals surface area contributed by atoms with Gasteiger partial charge in [0.25, 0.3) is 0 Å². The van der Waals surface area contributed by atoms with Crippen molar-refractivity contribution in [1.29, 1.82) is 0 Å². The van der Waals surface area contributed by atoms with Crippen molar-refractivity contribution in [2.75, 3.05) is 0 Å². The van der Waals surface area contributed by atoms with Gasteiger partial charge in [0.05, 0.1) is 11.4 Å². The van der Waals surface area contributed by atoms with Crippen molar-refractivity contribution in [3.05, 3.63) is 46.8 Å². The minimum Gasteiger partial charge on any atom is -0.307 e. The van der Waals surface area contributed by atoms with E-state index in [0.717, 1.165) is 18.8 Å². The normalized spacial score (nSPS) is 14.1. The van der Waals surface area contributed by atoms with Crippen LogP contribution < -0.4 is 5.32 Å². The first kappa shape index (κ1) is 9.60. The number of benzene rings is 1. The molecule has 0 amide bonds. The first-order valence-corrected chi connectivity index (χ1v) is 5.61. The zero-order valence-electron chi connectivity index (χ0n) is 9.62. The second kappa shape index (κ2) is 3.46. The van der Waals surface area contributed by atoms with E-state index in [1.807, 2.05) is 0 Å². The highest BCUT2D eigenvalue weighted by atomic mass is 15.3. The fraction of sp³-hybridized carbons (Fsp3) is 0.308. The lowest BCUT2D eigenvalue weighted by Crippen LogP contribution is -2.07. The van der Waals surface area contributed by atoms with Crippen molar-refractivity contribution in [1.82, 2.24) is 15.1 Å². The average Bonchev–Trinajstić information content (AvgIpc) is 2.82. The molecule has 1 aromatic heterocycles. The first-order valence-electron chi connectivity index (χ1n) is 5.61. The molecule has 0 fully saturated rings. The van der Waals surface area contributed by atoms with E-state index in [1.54, 1.807) is 0 Å². The van der Waals surface area contributed by atoms with E-state index in [4.69, 9.17) is 0 Å². The lowest BCUT2D eigenvalue weighted by atomic mass is 10.2. The van der Waals surface area contributed by atoms with Crippen LogP contribution in [0.4, 0.5) is 0 Å². The number of fused-ring (bicyclic) bond motifs is 1. The van der Waals surface area contributed by atoms with E-state index in [1.165, 1.54) is 22.5 Å². The van der Waals surface area contributed by atoms with Gasteiger partial charge in [0.15, 0.2) is 0 Å². The summed E-state index contributed by atoms with van der Waals surface area (Å²) in [7, 11) is 0. The van der Waals surface area contributed by atoms with Gasteiger partial charge in [0.1, 0.15) is 0 Å². The predicted octanol–water partition coefficient (Wildman–Crippen LogP) is 2.09. The lowest BCUT2D eigenvalue weighted by Gasteiger charge is -2.06. The van der Waals surface area contributed by atoms with Crippen LogP contribution in [0.25, 0.3) is 5.69 Å². The molecular formula is C13H15N3. The van der Waals surface area contributed by atoms with Gasteiger partial charge in [-0.15, -0.1) is 0 Å². The fourth-order valence-corrected chi connectivity index (χ4v) is 2.28. The maximum Gasteiger partial charge on any atom is 0.0814 e. The minimum atomic E-state index is 0.898. The Kier molecular flexibility index (Phi) is 2.07. The van der Waals surface area contributed by atoms with E-state index in [-0.39, 0.29) is 0 Å². The maximum atomic E-state index is 4.66. The molecule has 1 aliphatic rings. The third-order valence-corrected chi connectivity index (χ3v) is 3.16. The molecule has 82 valence electrons. The number of nitrogens with zero attached hydrogens (tertiary/aromatic N) is 2. The fourth-order valence-electron chi connectivity index (χ4n) is 2.28. The molecule has 2 aromatic rings. The lowest BCUT2D eigenvalue weighted by molar-refractivity contribution is 0.710. The molecule has 0 radical (unpaired) electrons. The molecule has 0 spiro atoms. The zero-order valence-corrected chi connectivity index (χ0v) is 9.62. The van der Waals surface area contributed by atoms with Gasteiger partial charge in [-0.3, -0.25) is 0 Å². The summed E-state index contributed by atoms with van der Waals surface area (Å²) in [5, 5.41) is 7.98. The molecule has 16 heavy (non-hydrogen) atoms. The molecule has 2 heterocycles. The summed E-state index contributed by atoms with van der Waals surface area (Å²) in [5.41, 5.74) is 6.24. The summed E-state index contributed by atoms with van der Waals surface area (Å²) >= 11 is 0. The van der Waals surface area contributed by atoms with Gasteiger partial charge >= 0.3 is 0 Å². The van der Waals surface area contributed by atoms with Crippen LogP contribution in [0.1, 0.15) is 22.5 Å². The number of aromatic nitrogens is 2. The molecule has 0 atom stereocenters. The highest BCUT2D eigenvalue weighted by Gasteiger charge is 2.19. The zero-order chi connectivity index (χ0) is 11.1. The quantitative estimate of drug-likeness (QED) is 0.786. The second-order valence-electron chi connectivity index (χ2n) is 4.37. The molecule has 3 nitrogen and oxygen atoms in total. The topological polar surface area (TPSA) is 29.9 Å². The van der Waals surface area contributed by atoms with Gasteiger partial charge in [0, 0.05) is 24.3 Å². The standard InChI is InChI=1S/C13H15N3/c1-9-4-3-5-11(6-9)16-10(2)12-7-14-8-13(12)15-16/h3-6,14H,7-8H2,1-2H3. The molecule has 3 rings (SSSR count). The Morgan fingerprint density at radius 2 is 2.12 bits per heavy atom. The summed E-state index contributed by atoms with van der Waals surface area (Å²) < 4.78 is 2.05. The molecule has 0 saturated heterocycles. The third-order valence-electron chi connectivity index (χ3n) is 3.16. The first-order chi connectivity index (χ1) is 7.75. The van der Waals surface area contributed by atoms with Crippen molar-refractivity contribution >= 4 is 0 Å². The van der Waals surface area contributed by atoms with Crippen molar-refractivity contribution in [2.24, 2.45) is 0 Å². The SMILES string of the molecule is Cc1cccc(-n2nc3c(c2C)CNC3)c1. The summed E-state index contributed by atoms with van der Waals surface area (Å²) in [6.07, 6.45) is 0. The van der Waals surface area contributed by atoms with E-state index in [2.05, 4.69) is 53.2 Å². The summed E-state index contributed by atoms with van der Waals surface area (Å²) in [5.74, 6) is 0. The molecular weight excluding hydrogens is 198 g/mol. The Balaban J connectivity index is 2.14. The largest absolute Gasteiger partial charge is 0.307 e. The Hall–Kier alpha value is -1.61. The molecule has 1 aliphatic heterocycles. The summed E-state index contributed by atoms with van der Waals surface area (Å²) in [6.45, 7) is 6.10. The summed E-state index contributed by atoms with van der Waals surface area (Å²) in [4.78, 5) is 0. The van der Waals surface area contributed by atoms with Crippen LogP contribution >= 0.6 is 0 Å². The van der Waals surface area contributed by atoms with Gasteiger partial charge in [0.2, 0.25) is 0 Å². The smallest absolute Gasteiger partial charge is 0.0814 e. The molecule has 0 aliphatic carbocycles. The van der Waals surface area contributed by atoms with Gasteiger partial charge in [-0.2, -0.15) is 5.10 Å². The van der Waals surface area contributed by atoms with Crippen LogP contribution in [0.15, 0.2) is 24.3 Å². The Morgan fingerprint density at radius 1 is 1.25 bits per heavy atom. The average molecular weight is 213 g/mol. The van der Waals surface area contributed by atoms with Crippen molar-refractivity contribution in [2.45, 2.75) is 26.9 Å². The van der Waals surface area contributed by atoms with Crippen molar-refractivity contribution in [3.63, 3.8) is 0 Å². The van der Waals surface area contributed by atoms with Crippen molar-refractivity contribution in [3.8, 4) is 5.69 Å². The van der Waals surface area contributed by atoms with Crippen LogP contribution in [0.5, 0.6) is 0 Å². The Bertz CT molecular complexity index is 540. The highest BCUT2D eigenvalue weighted by molar-refractivity contribution is 5.40. The Labute approximate surface area is 95.1 Å². The Morgan fingerprint density at radius 3 is 2.88 bits per heavy atom. The van der Waals surface area contributed by atoms with Gasteiger partial charge in [-0.1, -0.05) is 12.1 Å². The van der Waals surface area contributed by atoms with Gasteiger partial charge < -0.3 is 5.32 Å². The monoisotopic (exact) mass is 213 g/mol. The minimum absolute atomic E-state index is 0.898. The molecule has 1 N–H and O–H groups in total. The van der Waals surface area contributed by atoms with Gasteiger partial charge in [-0.25, -0.2) is 4.68 Å². The number of nitrogens with one attached hydrogen (secondary N) is 1. The number of aryl methyl sites for hydroxylation is 1. The van der Waals surface area contributed by atoms with Crippen molar-refractivity contribution < 1.29 is 0 Å². The van der Waals surface area contributed by atoms with Crippen LogP contribution in [0.2, 0.25) is 0 Å². The summed E-state index contributed by atoms with van der Waals surface area (Å²) in [6, 6.07) is 8.46. The maximum absolute atomic E-state index is 4.66. The predicted molar refractivity (Wildman–Crippen MR) is 63.6 cm³/mol. The van der Waals surface area contributed by atoms with Crippen LogP contribution in [-0.2, 0) is 13.1 Å². The third kappa shape index (κ3) is 1.36. The van der Waals surface area contributed by atoms with Crippen LogP contribution in [0.3, 0.4) is 0 Å². The van der Waals surface area contributed by atoms with Crippen LogP contribution in [-0.4, -0.2) is 9.78 Å². The molecule has 0 saturated carbocycles. The van der Waals surface area contributed by atoms with E-state index in [9.17, 15) is 0 Å². The second-order valence-corrected chi connectivity index (χ2v) is 4.37. The molecule has 0 bridgehead atoms. The van der Waals surface area contributed by atoms with E-state index >= 15 is 0 Å². The van der Waals surface area contributed by atoms with Crippen LogP contribution in [0, 0.1) is 13.8 Å². The van der Waals surface area contributed by atoms with E-state index in [0.29, 0.717) is 0 Å². The number of hydrogen-bond donors (Lipinski definition) is 1. The van der Waals surface area contributed by atoms with E-state index < -0.39 is 0 Å². The number of hydrogen-bond acceptors (Lipinski definition) is 2. The van der Waals surface area contributed by atoms with Gasteiger partial charge in [-0.05, 0) is 31.5 Å². The molecule has 1 aromatic carbocycles. The highest BCUT2D eigenvalue weighted by Crippen LogP contribution is 2.22. The molecule has 3 heteroatoms.